The van der Waals surface area contributed by atoms with Gasteiger partial charge in [0.2, 0.25) is 0 Å². The van der Waals surface area contributed by atoms with Gasteiger partial charge in [0.15, 0.2) is 12.2 Å². The van der Waals surface area contributed by atoms with Gasteiger partial charge in [-0.05, 0) is 32.1 Å². The van der Waals surface area contributed by atoms with E-state index >= 15 is 0 Å². The molecular weight excluding hydrogens is 372 g/mol. The molecule has 2 rings (SSSR count). The molecule has 6 heteroatoms. The number of hydrogen-bond acceptors (Lipinski definition) is 4. The minimum atomic E-state index is -0.888. The molecule has 0 bridgehead atoms. The summed E-state index contributed by atoms with van der Waals surface area (Å²) in [7, 11) is 0. The molecule has 2 aliphatic heterocycles. The summed E-state index contributed by atoms with van der Waals surface area (Å²) in [4.78, 5) is 23.3. The van der Waals surface area contributed by atoms with Gasteiger partial charge in [-0.1, -0.05) is 77.0 Å². The molecule has 2 saturated heterocycles. The molecule has 0 spiro atoms. The standard InChI is InChI=1S/C23H40O6/c24-22(25)20-15-11-7-3-1-5-9-13-18(28-20)17-19-14-10-6-2-4-8-12-16-21(29-19)23(26)27/h18-21H,1-17H2,(H,24,25)(H,26,27). The average Bonchev–Trinajstić information content (AvgIpc) is 2.77. The van der Waals surface area contributed by atoms with Crippen LogP contribution in [0.15, 0.2) is 0 Å². The van der Waals surface area contributed by atoms with Crippen LogP contribution >= 0.6 is 0 Å². The molecule has 2 heterocycles. The van der Waals surface area contributed by atoms with E-state index in [1.54, 1.807) is 0 Å². The summed E-state index contributed by atoms with van der Waals surface area (Å²) in [6, 6.07) is 0. The highest BCUT2D eigenvalue weighted by Gasteiger charge is 2.28. The Morgan fingerprint density at radius 1 is 0.552 bits per heavy atom. The molecule has 0 aliphatic carbocycles. The Hall–Kier alpha value is -1.14. The van der Waals surface area contributed by atoms with Crippen LogP contribution < -0.4 is 0 Å². The van der Waals surface area contributed by atoms with Crippen LogP contribution in [0.25, 0.3) is 0 Å². The van der Waals surface area contributed by atoms with E-state index in [9.17, 15) is 19.8 Å². The Balaban J connectivity index is 2.04. The second-order valence-electron chi connectivity index (χ2n) is 8.80. The zero-order valence-corrected chi connectivity index (χ0v) is 17.9. The van der Waals surface area contributed by atoms with E-state index in [-0.39, 0.29) is 12.2 Å². The van der Waals surface area contributed by atoms with Crippen LogP contribution in [-0.4, -0.2) is 46.6 Å². The van der Waals surface area contributed by atoms with Gasteiger partial charge in [0, 0.05) is 0 Å². The van der Waals surface area contributed by atoms with E-state index < -0.39 is 24.1 Å². The van der Waals surface area contributed by atoms with Gasteiger partial charge >= 0.3 is 11.9 Å². The van der Waals surface area contributed by atoms with Crippen molar-refractivity contribution in [3.8, 4) is 0 Å². The van der Waals surface area contributed by atoms with E-state index in [1.807, 2.05) is 0 Å². The highest BCUT2D eigenvalue weighted by Crippen LogP contribution is 2.25. The third-order valence-corrected chi connectivity index (χ3v) is 6.27. The lowest BCUT2D eigenvalue weighted by Crippen LogP contribution is -2.35. The maximum Gasteiger partial charge on any atom is 0.332 e. The Morgan fingerprint density at radius 2 is 0.862 bits per heavy atom. The predicted octanol–water partition coefficient (Wildman–Crippen LogP) is 5.32. The first kappa shape index (κ1) is 24.1. The lowest BCUT2D eigenvalue weighted by atomic mass is 9.99. The summed E-state index contributed by atoms with van der Waals surface area (Å²) in [6.45, 7) is 0. The molecular formula is C23H40O6. The van der Waals surface area contributed by atoms with Crippen LogP contribution in [0.1, 0.15) is 109 Å². The van der Waals surface area contributed by atoms with Gasteiger partial charge in [0.05, 0.1) is 12.2 Å². The Morgan fingerprint density at radius 3 is 1.21 bits per heavy atom. The normalized spacial score (nSPS) is 31.7. The number of aliphatic carboxylic acids is 2. The van der Waals surface area contributed by atoms with Crippen molar-refractivity contribution >= 4 is 11.9 Å². The topological polar surface area (TPSA) is 93.1 Å². The van der Waals surface area contributed by atoms with Crippen molar-refractivity contribution in [2.75, 3.05) is 0 Å². The molecule has 29 heavy (non-hydrogen) atoms. The van der Waals surface area contributed by atoms with Crippen LogP contribution in [0.4, 0.5) is 0 Å². The van der Waals surface area contributed by atoms with Crippen molar-refractivity contribution in [2.45, 2.75) is 134 Å². The van der Waals surface area contributed by atoms with Crippen LogP contribution in [0.2, 0.25) is 0 Å². The first-order chi connectivity index (χ1) is 14.1. The van der Waals surface area contributed by atoms with Gasteiger partial charge in [-0.3, -0.25) is 0 Å². The minimum Gasteiger partial charge on any atom is -0.479 e. The second kappa shape index (κ2) is 14.0. The van der Waals surface area contributed by atoms with Crippen molar-refractivity contribution < 1.29 is 29.3 Å². The monoisotopic (exact) mass is 412 g/mol. The number of carbonyl (C=O) groups is 2. The number of hydrogen-bond donors (Lipinski definition) is 2. The molecule has 4 atom stereocenters. The van der Waals surface area contributed by atoms with E-state index in [1.165, 1.54) is 12.8 Å². The maximum absolute atomic E-state index is 11.7. The number of ether oxygens (including phenoxy) is 2. The highest BCUT2D eigenvalue weighted by molar-refractivity contribution is 5.72. The van der Waals surface area contributed by atoms with Crippen molar-refractivity contribution in [3.63, 3.8) is 0 Å². The van der Waals surface area contributed by atoms with Gasteiger partial charge in [-0.2, -0.15) is 0 Å². The second-order valence-corrected chi connectivity index (χ2v) is 8.80. The zero-order chi connectivity index (χ0) is 20.9. The summed E-state index contributed by atoms with van der Waals surface area (Å²) < 4.78 is 12.1. The third kappa shape index (κ3) is 9.94. The fourth-order valence-electron chi connectivity index (χ4n) is 4.56. The molecule has 4 unspecified atom stereocenters. The fourth-order valence-corrected chi connectivity index (χ4v) is 4.56. The van der Waals surface area contributed by atoms with E-state index in [4.69, 9.17) is 9.47 Å². The first-order valence-corrected chi connectivity index (χ1v) is 11.8. The SMILES string of the molecule is O=C(O)C1CCCCCCCCC(CC2CCCCCCCCC(C(=O)O)O2)O1. The molecule has 0 aromatic rings. The molecule has 2 N–H and O–H groups in total. The van der Waals surface area contributed by atoms with Gasteiger partial charge in [-0.25, -0.2) is 9.59 Å². The van der Waals surface area contributed by atoms with Crippen LogP contribution in [-0.2, 0) is 19.1 Å². The van der Waals surface area contributed by atoms with E-state index in [0.717, 1.165) is 77.0 Å². The molecule has 0 aromatic carbocycles. The average molecular weight is 413 g/mol. The molecule has 0 aromatic heterocycles. The summed E-state index contributed by atoms with van der Waals surface area (Å²) in [6.07, 6.45) is 14.3. The summed E-state index contributed by atoms with van der Waals surface area (Å²) >= 11 is 0. The smallest absolute Gasteiger partial charge is 0.332 e. The summed E-state index contributed by atoms with van der Waals surface area (Å²) in [5, 5.41) is 19.1. The third-order valence-electron chi connectivity index (χ3n) is 6.27. The molecule has 0 radical (unpaired) electrons. The van der Waals surface area contributed by atoms with Gasteiger partial charge in [-0.15, -0.1) is 0 Å². The molecule has 6 nitrogen and oxygen atoms in total. The number of rotatable bonds is 4. The van der Waals surface area contributed by atoms with E-state index in [2.05, 4.69) is 0 Å². The lowest BCUT2D eigenvalue weighted by Gasteiger charge is -2.28. The summed E-state index contributed by atoms with van der Waals surface area (Å²) in [5.74, 6) is -1.78. The van der Waals surface area contributed by atoms with Crippen molar-refractivity contribution in [1.29, 1.82) is 0 Å². The Labute approximate surface area is 175 Å². The largest absolute Gasteiger partial charge is 0.479 e. The van der Waals surface area contributed by atoms with Crippen LogP contribution in [0.3, 0.4) is 0 Å². The predicted molar refractivity (Wildman–Crippen MR) is 111 cm³/mol. The summed E-state index contributed by atoms with van der Waals surface area (Å²) in [5.41, 5.74) is 0. The van der Waals surface area contributed by atoms with Gasteiger partial charge in [0.1, 0.15) is 0 Å². The Kier molecular flexibility index (Phi) is 11.6. The molecule has 168 valence electrons. The van der Waals surface area contributed by atoms with Crippen molar-refractivity contribution in [3.05, 3.63) is 0 Å². The maximum atomic E-state index is 11.7. The fraction of sp³-hybridized carbons (Fsp3) is 0.913. The Bertz CT molecular complexity index is 438. The lowest BCUT2D eigenvalue weighted by molar-refractivity contribution is -0.162. The quantitative estimate of drug-likeness (QED) is 0.649. The number of carboxylic acid groups (broad SMARTS) is 2. The first-order valence-electron chi connectivity index (χ1n) is 11.8. The van der Waals surface area contributed by atoms with Crippen molar-refractivity contribution in [1.82, 2.24) is 0 Å². The zero-order valence-electron chi connectivity index (χ0n) is 17.9. The number of carboxylic acids is 2. The van der Waals surface area contributed by atoms with Crippen molar-refractivity contribution in [2.24, 2.45) is 0 Å². The molecule has 2 aliphatic rings. The molecule has 0 amide bonds. The minimum absolute atomic E-state index is 0.182. The van der Waals surface area contributed by atoms with Crippen LogP contribution in [0, 0.1) is 0 Å². The van der Waals surface area contributed by atoms with E-state index in [0.29, 0.717) is 19.3 Å². The van der Waals surface area contributed by atoms with Gasteiger partial charge < -0.3 is 19.7 Å². The molecule has 0 saturated carbocycles. The van der Waals surface area contributed by atoms with Gasteiger partial charge in [0.25, 0.3) is 0 Å². The highest BCUT2D eigenvalue weighted by atomic mass is 16.5. The van der Waals surface area contributed by atoms with Crippen LogP contribution in [0.5, 0.6) is 0 Å². The molecule has 2 fully saturated rings.